The van der Waals surface area contributed by atoms with Gasteiger partial charge in [0.15, 0.2) is 0 Å². The van der Waals surface area contributed by atoms with Crippen LogP contribution in [0.15, 0.2) is 24.3 Å². The lowest BCUT2D eigenvalue weighted by Crippen LogP contribution is -2.21. The Morgan fingerprint density at radius 2 is 2.10 bits per heavy atom. The third-order valence-corrected chi connectivity index (χ3v) is 3.54. The van der Waals surface area contributed by atoms with E-state index in [0.717, 1.165) is 22.8 Å². The number of hydrogen-bond acceptors (Lipinski definition) is 5. The maximum absolute atomic E-state index is 12.6. The van der Waals surface area contributed by atoms with E-state index in [1.165, 1.54) is 0 Å². The van der Waals surface area contributed by atoms with E-state index in [0.29, 0.717) is 19.5 Å². The molecule has 0 radical (unpaired) electrons. The quantitative estimate of drug-likeness (QED) is 0.919. The van der Waals surface area contributed by atoms with Crippen molar-refractivity contribution in [2.24, 2.45) is 5.73 Å². The molecule has 2 rings (SSSR count). The minimum absolute atomic E-state index is 0.223. The summed E-state index contributed by atoms with van der Waals surface area (Å²) in [5.74, 6) is -1.10. The van der Waals surface area contributed by atoms with Crippen molar-refractivity contribution in [3.8, 4) is 0 Å². The second-order valence-electron chi connectivity index (χ2n) is 4.53. The summed E-state index contributed by atoms with van der Waals surface area (Å²) in [6.07, 6.45) is -3.88. The summed E-state index contributed by atoms with van der Waals surface area (Å²) in [5.41, 5.74) is 7.30. The highest BCUT2D eigenvalue weighted by Gasteiger charge is 2.36. The minimum atomic E-state index is -4.53. The number of aryl methyl sites for hydroxylation is 1. The van der Waals surface area contributed by atoms with Crippen LogP contribution in [0.1, 0.15) is 17.8 Å². The zero-order valence-electron chi connectivity index (χ0n) is 11.4. The zero-order chi connectivity index (χ0) is 15.5. The predicted octanol–water partition coefficient (Wildman–Crippen LogP) is 3.35. The fourth-order valence-corrected chi connectivity index (χ4v) is 2.56. The van der Waals surface area contributed by atoms with Crippen molar-refractivity contribution in [1.29, 1.82) is 0 Å². The topological polar surface area (TPSA) is 55.0 Å². The van der Waals surface area contributed by atoms with E-state index in [1.807, 2.05) is 31.2 Å². The Morgan fingerprint density at radius 3 is 2.67 bits per heavy atom. The minimum Gasteiger partial charge on any atom is -0.330 e. The lowest BCUT2D eigenvalue weighted by atomic mass is 10.2. The summed E-state index contributed by atoms with van der Waals surface area (Å²) in [6, 6.07) is 7.50. The van der Waals surface area contributed by atoms with Gasteiger partial charge in [0.25, 0.3) is 0 Å². The summed E-state index contributed by atoms with van der Waals surface area (Å²) in [4.78, 5) is 5.32. The Kier molecular flexibility index (Phi) is 4.79. The van der Waals surface area contributed by atoms with Crippen molar-refractivity contribution >= 4 is 22.4 Å². The van der Waals surface area contributed by atoms with Crippen LogP contribution in [0.3, 0.4) is 0 Å². The fraction of sp³-hybridized carbons (Fsp3) is 0.385. The molecule has 0 fully saturated rings. The van der Waals surface area contributed by atoms with Crippen LogP contribution in [0.5, 0.6) is 0 Å². The van der Waals surface area contributed by atoms with E-state index in [-0.39, 0.29) is 5.13 Å². The zero-order valence-corrected chi connectivity index (χ0v) is 12.2. The molecule has 0 amide bonds. The van der Waals surface area contributed by atoms with Gasteiger partial charge in [-0.2, -0.15) is 22.5 Å². The number of alkyl halides is 3. The van der Waals surface area contributed by atoms with Gasteiger partial charge in [-0.1, -0.05) is 12.1 Å². The molecule has 1 aromatic carbocycles. The molecule has 0 saturated carbocycles. The first kappa shape index (κ1) is 15.7. The number of anilines is 2. The molecule has 2 N–H and O–H groups in total. The fourth-order valence-electron chi connectivity index (χ4n) is 1.82. The van der Waals surface area contributed by atoms with Gasteiger partial charge in [0, 0.05) is 23.8 Å². The molecule has 0 atom stereocenters. The van der Waals surface area contributed by atoms with Crippen LogP contribution in [-0.4, -0.2) is 22.4 Å². The number of nitrogens with two attached hydrogens (primary N) is 1. The summed E-state index contributed by atoms with van der Waals surface area (Å²) < 4.78 is 41.3. The van der Waals surface area contributed by atoms with E-state index in [2.05, 4.69) is 9.36 Å². The largest absolute Gasteiger partial charge is 0.452 e. The van der Waals surface area contributed by atoms with Crippen LogP contribution in [0.4, 0.5) is 24.0 Å². The Morgan fingerprint density at radius 1 is 1.33 bits per heavy atom. The highest BCUT2D eigenvalue weighted by atomic mass is 32.1. The molecule has 0 bridgehead atoms. The van der Waals surface area contributed by atoms with Crippen LogP contribution >= 0.6 is 11.5 Å². The molecule has 0 aliphatic carbocycles. The average molecular weight is 316 g/mol. The molecule has 114 valence electrons. The van der Waals surface area contributed by atoms with Crippen molar-refractivity contribution in [3.05, 3.63) is 35.7 Å². The Hall–Kier alpha value is -1.67. The third-order valence-electron chi connectivity index (χ3n) is 2.80. The lowest BCUT2D eigenvalue weighted by molar-refractivity contribution is -0.144. The molecule has 0 unspecified atom stereocenters. The Balaban J connectivity index is 2.34. The maximum atomic E-state index is 12.6. The van der Waals surface area contributed by atoms with Crippen molar-refractivity contribution in [2.45, 2.75) is 19.5 Å². The number of rotatable bonds is 5. The van der Waals surface area contributed by atoms with Gasteiger partial charge in [-0.15, -0.1) is 0 Å². The van der Waals surface area contributed by atoms with Crippen LogP contribution < -0.4 is 10.6 Å². The van der Waals surface area contributed by atoms with Gasteiger partial charge in [-0.05, 0) is 37.6 Å². The summed E-state index contributed by atoms with van der Waals surface area (Å²) in [6.45, 7) is 2.87. The van der Waals surface area contributed by atoms with Crippen LogP contribution in [-0.2, 0) is 6.18 Å². The van der Waals surface area contributed by atoms with Gasteiger partial charge in [0.05, 0.1) is 0 Å². The molecule has 0 aliphatic heterocycles. The van der Waals surface area contributed by atoms with Crippen molar-refractivity contribution < 1.29 is 13.2 Å². The molecule has 0 spiro atoms. The first-order chi connectivity index (χ1) is 9.91. The molecule has 0 saturated heterocycles. The van der Waals surface area contributed by atoms with Gasteiger partial charge in [0.1, 0.15) is 0 Å². The molecule has 2 aromatic rings. The molecule has 8 heteroatoms. The van der Waals surface area contributed by atoms with Crippen molar-refractivity contribution in [2.75, 3.05) is 18.0 Å². The van der Waals surface area contributed by atoms with Crippen LogP contribution in [0, 0.1) is 6.92 Å². The van der Waals surface area contributed by atoms with Crippen molar-refractivity contribution in [1.82, 2.24) is 9.36 Å². The molecule has 21 heavy (non-hydrogen) atoms. The second-order valence-corrected chi connectivity index (χ2v) is 5.26. The van der Waals surface area contributed by atoms with Gasteiger partial charge >= 0.3 is 6.18 Å². The average Bonchev–Trinajstić information content (AvgIpc) is 2.89. The first-order valence-corrected chi connectivity index (χ1v) is 7.14. The lowest BCUT2D eigenvalue weighted by Gasteiger charge is -2.21. The predicted molar refractivity (Wildman–Crippen MR) is 76.8 cm³/mol. The van der Waals surface area contributed by atoms with Gasteiger partial charge < -0.3 is 10.6 Å². The van der Waals surface area contributed by atoms with Crippen LogP contribution in [0.25, 0.3) is 0 Å². The van der Waals surface area contributed by atoms with E-state index in [9.17, 15) is 13.2 Å². The normalized spacial score (nSPS) is 11.7. The summed E-state index contributed by atoms with van der Waals surface area (Å²) in [5, 5.41) is 0.223. The molecule has 4 nitrogen and oxygen atoms in total. The molecule has 1 aromatic heterocycles. The monoisotopic (exact) mass is 316 g/mol. The molecular formula is C13H15F3N4S. The highest BCUT2D eigenvalue weighted by Crippen LogP contribution is 2.33. The summed E-state index contributed by atoms with van der Waals surface area (Å²) in [7, 11) is 0. The number of benzene rings is 1. The smallest absolute Gasteiger partial charge is 0.330 e. The van der Waals surface area contributed by atoms with Gasteiger partial charge in [-0.25, -0.2) is 0 Å². The highest BCUT2D eigenvalue weighted by molar-refractivity contribution is 7.09. The van der Waals surface area contributed by atoms with E-state index >= 15 is 0 Å². The standard InChI is InChI=1S/C13H15F3N4S/c1-9-4-2-5-10(8-9)20(7-3-6-17)12-18-11(19-21-12)13(14,15)16/h2,4-5,8H,3,6-7,17H2,1H3. The van der Waals surface area contributed by atoms with Crippen molar-refractivity contribution in [3.63, 3.8) is 0 Å². The SMILES string of the molecule is Cc1cccc(N(CCCN)c2nc(C(F)(F)F)ns2)c1. The van der Waals surface area contributed by atoms with Gasteiger partial charge in [0.2, 0.25) is 11.0 Å². The summed E-state index contributed by atoms with van der Waals surface area (Å²) >= 11 is 0.740. The van der Waals surface area contributed by atoms with Crippen LogP contribution in [0.2, 0.25) is 0 Å². The van der Waals surface area contributed by atoms with E-state index in [1.54, 1.807) is 4.90 Å². The second kappa shape index (κ2) is 6.40. The number of aromatic nitrogens is 2. The first-order valence-electron chi connectivity index (χ1n) is 6.37. The number of nitrogens with zero attached hydrogens (tertiary/aromatic N) is 3. The molecule has 1 heterocycles. The van der Waals surface area contributed by atoms with Gasteiger partial charge in [-0.3, -0.25) is 0 Å². The molecule has 0 aliphatic rings. The van der Waals surface area contributed by atoms with E-state index < -0.39 is 12.0 Å². The maximum Gasteiger partial charge on any atom is 0.452 e. The number of halogens is 3. The molecular weight excluding hydrogens is 301 g/mol. The Labute approximate surface area is 124 Å². The third kappa shape index (κ3) is 3.92. The Bertz CT molecular complexity index is 597. The number of hydrogen-bond donors (Lipinski definition) is 1. The van der Waals surface area contributed by atoms with E-state index in [4.69, 9.17) is 5.73 Å².